The van der Waals surface area contributed by atoms with Gasteiger partial charge in [0.2, 0.25) is 0 Å². The Labute approximate surface area is 119 Å². The molecule has 106 valence electrons. The first-order chi connectivity index (χ1) is 9.13. The Balaban J connectivity index is 2.24. The van der Waals surface area contributed by atoms with E-state index in [1.165, 1.54) is 12.5 Å². The molecule has 1 aliphatic rings. The maximum atomic E-state index is 14.1. The van der Waals surface area contributed by atoms with Gasteiger partial charge in [0, 0.05) is 17.1 Å². The van der Waals surface area contributed by atoms with Crippen LogP contribution in [0.25, 0.3) is 0 Å². The fourth-order valence-electron chi connectivity index (χ4n) is 2.88. The number of halogens is 2. The van der Waals surface area contributed by atoms with Crippen molar-refractivity contribution < 1.29 is 4.39 Å². The minimum absolute atomic E-state index is 0.112. The van der Waals surface area contributed by atoms with Crippen molar-refractivity contribution in [1.29, 1.82) is 0 Å². The molecule has 1 aromatic rings. The van der Waals surface area contributed by atoms with Crippen LogP contribution in [-0.2, 0) is 0 Å². The number of hydrogen-bond donors (Lipinski definition) is 1. The molecule has 1 saturated heterocycles. The van der Waals surface area contributed by atoms with Crippen molar-refractivity contribution in [1.82, 2.24) is 4.90 Å². The summed E-state index contributed by atoms with van der Waals surface area (Å²) in [4.78, 5) is 2.29. The largest absolute Gasteiger partial charge is 0.329 e. The first-order valence-electron chi connectivity index (χ1n) is 7.01. The van der Waals surface area contributed by atoms with Crippen LogP contribution in [0.3, 0.4) is 0 Å². The van der Waals surface area contributed by atoms with Crippen LogP contribution in [-0.4, -0.2) is 24.5 Å². The van der Waals surface area contributed by atoms with Crippen molar-refractivity contribution >= 4 is 11.6 Å². The maximum absolute atomic E-state index is 14.1. The van der Waals surface area contributed by atoms with Crippen molar-refractivity contribution in [2.24, 2.45) is 11.7 Å². The van der Waals surface area contributed by atoms with Gasteiger partial charge < -0.3 is 5.73 Å². The average Bonchev–Trinajstić information content (AvgIpc) is 2.59. The molecule has 4 heteroatoms. The van der Waals surface area contributed by atoms with Gasteiger partial charge in [0.25, 0.3) is 0 Å². The Bertz CT molecular complexity index is 404. The second-order valence-electron chi connectivity index (χ2n) is 5.46. The molecule has 0 saturated carbocycles. The van der Waals surface area contributed by atoms with E-state index >= 15 is 0 Å². The molecule has 2 unspecified atom stereocenters. The summed E-state index contributed by atoms with van der Waals surface area (Å²) in [5.74, 6) is 0.486. The lowest BCUT2D eigenvalue weighted by molar-refractivity contribution is 0.203. The van der Waals surface area contributed by atoms with Gasteiger partial charge in [-0.1, -0.05) is 24.6 Å². The van der Waals surface area contributed by atoms with Crippen LogP contribution in [0, 0.1) is 11.7 Å². The number of nitrogens with zero attached hydrogens (tertiary/aromatic N) is 1. The fraction of sp³-hybridized carbons (Fsp3) is 0.600. The summed E-state index contributed by atoms with van der Waals surface area (Å²) in [5, 5.41) is 0.479. The molecule has 0 aromatic heterocycles. The van der Waals surface area contributed by atoms with Crippen LogP contribution in [0.2, 0.25) is 5.02 Å². The smallest absolute Gasteiger partial charge is 0.129 e. The summed E-state index contributed by atoms with van der Waals surface area (Å²) in [6, 6.07) is 4.73. The van der Waals surface area contributed by atoms with E-state index in [-0.39, 0.29) is 11.9 Å². The van der Waals surface area contributed by atoms with E-state index in [1.54, 1.807) is 12.1 Å². The van der Waals surface area contributed by atoms with Gasteiger partial charge in [0.05, 0.1) is 6.04 Å². The fourth-order valence-corrected chi connectivity index (χ4v) is 3.16. The third-order valence-corrected chi connectivity index (χ3v) is 4.38. The Morgan fingerprint density at radius 1 is 1.42 bits per heavy atom. The number of hydrogen-bond acceptors (Lipinski definition) is 2. The van der Waals surface area contributed by atoms with E-state index < -0.39 is 0 Å². The van der Waals surface area contributed by atoms with Crippen molar-refractivity contribution in [2.45, 2.75) is 32.2 Å². The van der Waals surface area contributed by atoms with E-state index in [0.717, 1.165) is 31.8 Å². The normalized spacial score (nSPS) is 23.1. The predicted molar refractivity (Wildman–Crippen MR) is 77.8 cm³/mol. The van der Waals surface area contributed by atoms with Gasteiger partial charge in [-0.25, -0.2) is 4.39 Å². The standard InChI is InChI=1S/C15H22ClFN2/c1-11-4-3-8-19(9-7-11)14(10-18)15-12(16)5-2-6-13(15)17/h2,5-6,11,14H,3-4,7-10,18H2,1H3. The lowest BCUT2D eigenvalue weighted by atomic mass is 10.0. The number of likely N-dealkylation sites (tertiary alicyclic amines) is 1. The molecule has 1 aliphatic heterocycles. The van der Waals surface area contributed by atoms with Gasteiger partial charge in [-0.15, -0.1) is 0 Å². The minimum atomic E-state index is -0.250. The zero-order valence-corrected chi connectivity index (χ0v) is 12.2. The first-order valence-corrected chi connectivity index (χ1v) is 7.39. The van der Waals surface area contributed by atoms with Crippen LogP contribution in [0.1, 0.15) is 37.8 Å². The molecule has 0 spiro atoms. The summed E-state index contributed by atoms with van der Waals surface area (Å²) in [5.41, 5.74) is 6.45. The average molecular weight is 285 g/mol. The topological polar surface area (TPSA) is 29.3 Å². The summed E-state index contributed by atoms with van der Waals surface area (Å²) >= 11 is 6.17. The molecule has 2 atom stereocenters. The second kappa shape index (κ2) is 6.69. The van der Waals surface area contributed by atoms with Crippen molar-refractivity contribution in [2.75, 3.05) is 19.6 Å². The molecule has 19 heavy (non-hydrogen) atoms. The van der Waals surface area contributed by atoms with Crippen molar-refractivity contribution in [3.05, 3.63) is 34.6 Å². The van der Waals surface area contributed by atoms with Gasteiger partial charge in [-0.3, -0.25) is 4.90 Å². The third kappa shape index (κ3) is 3.47. The molecule has 1 aromatic carbocycles. The zero-order valence-electron chi connectivity index (χ0n) is 11.4. The lowest BCUT2D eigenvalue weighted by Crippen LogP contribution is -2.35. The molecule has 0 radical (unpaired) electrons. The molecule has 0 amide bonds. The monoisotopic (exact) mass is 284 g/mol. The van der Waals surface area contributed by atoms with E-state index in [1.807, 2.05) is 0 Å². The molecular formula is C15H22ClFN2. The quantitative estimate of drug-likeness (QED) is 0.919. The summed E-state index contributed by atoms with van der Waals surface area (Å²) in [7, 11) is 0. The van der Waals surface area contributed by atoms with Gasteiger partial charge in [0.1, 0.15) is 5.82 Å². The van der Waals surface area contributed by atoms with Crippen LogP contribution in [0.4, 0.5) is 4.39 Å². The summed E-state index contributed by atoms with van der Waals surface area (Å²) in [6.45, 7) is 4.61. The highest BCUT2D eigenvalue weighted by molar-refractivity contribution is 6.31. The van der Waals surface area contributed by atoms with E-state index in [0.29, 0.717) is 17.1 Å². The Morgan fingerprint density at radius 3 is 2.89 bits per heavy atom. The third-order valence-electron chi connectivity index (χ3n) is 4.05. The van der Waals surface area contributed by atoms with E-state index in [2.05, 4.69) is 11.8 Å². The Morgan fingerprint density at radius 2 is 2.21 bits per heavy atom. The highest BCUT2D eigenvalue weighted by Crippen LogP contribution is 2.31. The highest BCUT2D eigenvalue weighted by atomic mass is 35.5. The molecule has 0 bridgehead atoms. The minimum Gasteiger partial charge on any atom is -0.329 e. The molecular weight excluding hydrogens is 263 g/mol. The second-order valence-corrected chi connectivity index (χ2v) is 5.87. The number of rotatable bonds is 3. The van der Waals surface area contributed by atoms with Crippen LogP contribution in [0.5, 0.6) is 0 Å². The van der Waals surface area contributed by atoms with Crippen LogP contribution < -0.4 is 5.73 Å². The Hall–Kier alpha value is -0.640. The maximum Gasteiger partial charge on any atom is 0.129 e. The zero-order chi connectivity index (χ0) is 13.8. The molecule has 1 fully saturated rings. The van der Waals surface area contributed by atoms with Gasteiger partial charge >= 0.3 is 0 Å². The first kappa shape index (κ1) is 14.8. The summed E-state index contributed by atoms with van der Waals surface area (Å²) < 4.78 is 14.1. The van der Waals surface area contributed by atoms with Gasteiger partial charge in [-0.05, 0) is 50.4 Å². The van der Waals surface area contributed by atoms with Gasteiger partial charge in [0.15, 0.2) is 0 Å². The van der Waals surface area contributed by atoms with Crippen molar-refractivity contribution in [3.8, 4) is 0 Å². The number of benzene rings is 1. The molecule has 1 heterocycles. The summed E-state index contributed by atoms with van der Waals surface area (Å²) in [6.07, 6.45) is 3.52. The highest BCUT2D eigenvalue weighted by Gasteiger charge is 2.25. The van der Waals surface area contributed by atoms with E-state index in [9.17, 15) is 4.39 Å². The molecule has 0 aliphatic carbocycles. The lowest BCUT2D eigenvalue weighted by Gasteiger charge is -2.30. The SMILES string of the molecule is CC1CCCN(C(CN)c2c(F)cccc2Cl)CC1. The van der Waals surface area contributed by atoms with Crippen LogP contribution in [0.15, 0.2) is 18.2 Å². The van der Waals surface area contributed by atoms with E-state index in [4.69, 9.17) is 17.3 Å². The van der Waals surface area contributed by atoms with Gasteiger partial charge in [-0.2, -0.15) is 0 Å². The van der Waals surface area contributed by atoms with Crippen LogP contribution >= 0.6 is 11.6 Å². The molecule has 2 N–H and O–H groups in total. The van der Waals surface area contributed by atoms with Crippen molar-refractivity contribution in [3.63, 3.8) is 0 Å². The Kier molecular flexibility index (Phi) is 5.20. The number of nitrogens with two attached hydrogens (primary N) is 1. The molecule has 2 nitrogen and oxygen atoms in total. The molecule has 2 rings (SSSR count). The predicted octanol–water partition coefficient (Wildman–Crippen LogP) is 3.60.